The first-order valence-corrected chi connectivity index (χ1v) is 9.91. The van der Waals surface area contributed by atoms with E-state index >= 15 is 0 Å². The van der Waals surface area contributed by atoms with Gasteiger partial charge in [0.15, 0.2) is 0 Å². The van der Waals surface area contributed by atoms with E-state index in [-0.39, 0.29) is 18.9 Å². The third-order valence-electron chi connectivity index (χ3n) is 6.18. The van der Waals surface area contributed by atoms with Crippen LogP contribution >= 0.6 is 0 Å². The Hall–Kier alpha value is -2.66. The molecule has 2 aliphatic rings. The minimum Gasteiger partial charge on any atom is -0.481 e. The summed E-state index contributed by atoms with van der Waals surface area (Å²) in [5.41, 5.74) is 3.93. The van der Waals surface area contributed by atoms with Crippen molar-refractivity contribution in [1.29, 1.82) is 0 Å². The molecule has 0 radical (unpaired) electrons. The first kappa shape index (κ1) is 18.7. The van der Waals surface area contributed by atoms with Crippen LogP contribution in [0.4, 0.5) is 5.69 Å². The van der Waals surface area contributed by atoms with Gasteiger partial charge in [-0.2, -0.15) is 0 Å². The lowest BCUT2D eigenvalue weighted by Gasteiger charge is -2.39. The van der Waals surface area contributed by atoms with Crippen LogP contribution < -0.4 is 4.90 Å². The second-order valence-electron chi connectivity index (χ2n) is 7.91. The molecule has 0 unspecified atom stereocenters. The zero-order valence-corrected chi connectivity index (χ0v) is 16.2. The minimum absolute atomic E-state index is 0.0324. The SMILES string of the molecule is Cc1cccc2c1C1(CCN(Cc3ccccc3)CC1)C(=O)N2CCC(=O)O. The van der Waals surface area contributed by atoms with Crippen LogP contribution in [0.3, 0.4) is 0 Å². The van der Waals surface area contributed by atoms with E-state index in [0.29, 0.717) is 0 Å². The van der Waals surface area contributed by atoms with Gasteiger partial charge in [0.1, 0.15) is 0 Å². The summed E-state index contributed by atoms with van der Waals surface area (Å²) in [5, 5.41) is 9.09. The summed E-state index contributed by atoms with van der Waals surface area (Å²) < 4.78 is 0. The highest BCUT2D eigenvalue weighted by atomic mass is 16.4. The molecule has 2 aromatic rings. The number of carboxylic acid groups (broad SMARTS) is 1. The van der Waals surface area contributed by atoms with Crippen LogP contribution in [0.5, 0.6) is 0 Å². The highest BCUT2D eigenvalue weighted by Crippen LogP contribution is 2.49. The molecular weight excluding hydrogens is 352 g/mol. The molecule has 4 rings (SSSR count). The van der Waals surface area contributed by atoms with Crippen molar-refractivity contribution in [2.45, 2.75) is 38.1 Å². The molecule has 0 aliphatic carbocycles. The smallest absolute Gasteiger partial charge is 0.305 e. The molecule has 2 aromatic carbocycles. The van der Waals surface area contributed by atoms with Crippen LogP contribution in [-0.4, -0.2) is 41.5 Å². The average Bonchev–Trinajstić information content (AvgIpc) is 2.92. The molecule has 0 bridgehead atoms. The minimum atomic E-state index is -0.874. The number of aliphatic carboxylic acids is 1. The third kappa shape index (κ3) is 3.20. The number of hydrogen-bond donors (Lipinski definition) is 1. The van der Waals surface area contributed by atoms with Crippen LogP contribution in [0.2, 0.25) is 0 Å². The van der Waals surface area contributed by atoms with Gasteiger partial charge in [-0.1, -0.05) is 42.5 Å². The van der Waals surface area contributed by atoms with Gasteiger partial charge in [-0.05, 0) is 55.6 Å². The summed E-state index contributed by atoms with van der Waals surface area (Å²) in [6.45, 7) is 4.92. The fourth-order valence-electron chi connectivity index (χ4n) is 4.80. The quantitative estimate of drug-likeness (QED) is 0.867. The topological polar surface area (TPSA) is 60.9 Å². The van der Waals surface area contributed by atoms with E-state index < -0.39 is 11.4 Å². The predicted octanol–water partition coefficient (Wildman–Crippen LogP) is 3.35. The average molecular weight is 378 g/mol. The van der Waals surface area contributed by atoms with Gasteiger partial charge in [-0.25, -0.2) is 0 Å². The van der Waals surface area contributed by atoms with E-state index in [1.165, 1.54) is 5.56 Å². The number of likely N-dealkylation sites (tertiary alicyclic amines) is 1. The zero-order chi connectivity index (χ0) is 19.7. The molecule has 5 heteroatoms. The summed E-state index contributed by atoms with van der Waals surface area (Å²) in [4.78, 5) is 28.7. The van der Waals surface area contributed by atoms with Gasteiger partial charge in [0.25, 0.3) is 0 Å². The van der Waals surface area contributed by atoms with Crippen LogP contribution in [0.1, 0.15) is 36.0 Å². The van der Waals surface area contributed by atoms with Gasteiger partial charge < -0.3 is 10.0 Å². The summed E-state index contributed by atoms with van der Waals surface area (Å²) in [7, 11) is 0. The highest BCUT2D eigenvalue weighted by molar-refractivity contribution is 6.09. The van der Waals surface area contributed by atoms with Crippen LogP contribution in [-0.2, 0) is 21.5 Å². The summed E-state index contributed by atoms with van der Waals surface area (Å²) >= 11 is 0. The molecule has 1 fully saturated rings. The second kappa shape index (κ2) is 7.40. The highest BCUT2D eigenvalue weighted by Gasteiger charge is 2.52. The molecule has 1 saturated heterocycles. The van der Waals surface area contributed by atoms with Gasteiger partial charge in [-0.15, -0.1) is 0 Å². The van der Waals surface area contributed by atoms with E-state index in [1.54, 1.807) is 4.90 Å². The molecule has 28 heavy (non-hydrogen) atoms. The van der Waals surface area contributed by atoms with E-state index in [4.69, 9.17) is 5.11 Å². The third-order valence-corrected chi connectivity index (χ3v) is 6.18. The lowest BCUT2D eigenvalue weighted by Crippen LogP contribution is -2.49. The molecule has 146 valence electrons. The Balaban J connectivity index is 1.58. The second-order valence-corrected chi connectivity index (χ2v) is 7.91. The van der Waals surface area contributed by atoms with Crippen molar-refractivity contribution in [3.05, 3.63) is 65.2 Å². The van der Waals surface area contributed by atoms with E-state index in [9.17, 15) is 9.59 Å². The molecule has 0 aromatic heterocycles. The fraction of sp³-hybridized carbons (Fsp3) is 0.391. The molecule has 1 N–H and O–H groups in total. The Bertz CT molecular complexity index is 886. The van der Waals surface area contributed by atoms with Crippen molar-refractivity contribution in [2.24, 2.45) is 0 Å². The number of nitrogens with zero attached hydrogens (tertiary/aromatic N) is 2. The Kier molecular flexibility index (Phi) is 4.94. The largest absolute Gasteiger partial charge is 0.481 e. The van der Waals surface area contributed by atoms with Gasteiger partial charge >= 0.3 is 5.97 Å². The molecular formula is C23H26N2O3. The Morgan fingerprint density at radius 1 is 1.07 bits per heavy atom. The number of carbonyl (C=O) groups is 2. The Morgan fingerprint density at radius 2 is 1.79 bits per heavy atom. The van der Waals surface area contributed by atoms with Crippen molar-refractivity contribution < 1.29 is 14.7 Å². The molecule has 0 atom stereocenters. The molecule has 2 heterocycles. The Labute approximate surface area is 165 Å². The first-order valence-electron chi connectivity index (χ1n) is 9.91. The molecule has 1 spiro atoms. The first-order chi connectivity index (χ1) is 13.5. The lowest BCUT2D eigenvalue weighted by atomic mass is 9.72. The lowest BCUT2D eigenvalue weighted by molar-refractivity contribution is -0.136. The maximum atomic E-state index is 13.5. The van der Waals surface area contributed by atoms with Gasteiger partial charge in [-0.3, -0.25) is 14.5 Å². The van der Waals surface area contributed by atoms with Gasteiger partial charge in [0.2, 0.25) is 5.91 Å². The summed E-state index contributed by atoms with van der Waals surface area (Å²) in [6.07, 6.45) is 1.52. The standard InChI is InChI=1S/C23H26N2O3/c1-17-6-5-9-19-21(17)23(22(28)25(19)13-10-20(26)27)11-14-24(15-12-23)16-18-7-3-2-4-8-18/h2-9H,10-16H2,1H3,(H,26,27). The fourth-order valence-corrected chi connectivity index (χ4v) is 4.80. The van der Waals surface area contributed by atoms with Gasteiger partial charge in [0.05, 0.1) is 11.8 Å². The Morgan fingerprint density at radius 3 is 2.46 bits per heavy atom. The predicted molar refractivity (Wildman–Crippen MR) is 108 cm³/mol. The van der Waals surface area contributed by atoms with Crippen LogP contribution in [0, 0.1) is 6.92 Å². The van der Waals surface area contributed by atoms with Crippen molar-refractivity contribution in [1.82, 2.24) is 4.90 Å². The number of carbonyl (C=O) groups excluding carboxylic acids is 1. The zero-order valence-electron chi connectivity index (χ0n) is 16.2. The van der Waals surface area contributed by atoms with E-state index in [2.05, 4.69) is 42.2 Å². The molecule has 0 saturated carbocycles. The number of benzene rings is 2. The van der Waals surface area contributed by atoms with E-state index in [1.807, 2.05) is 18.2 Å². The molecule has 1 amide bonds. The summed E-state index contributed by atoms with van der Waals surface area (Å²) in [6, 6.07) is 16.4. The number of anilines is 1. The maximum Gasteiger partial charge on any atom is 0.305 e. The van der Waals surface area contributed by atoms with Crippen molar-refractivity contribution in [3.63, 3.8) is 0 Å². The van der Waals surface area contributed by atoms with Crippen molar-refractivity contribution in [2.75, 3.05) is 24.5 Å². The number of hydrogen-bond acceptors (Lipinski definition) is 3. The normalized spacial score (nSPS) is 18.5. The van der Waals surface area contributed by atoms with Crippen molar-refractivity contribution >= 4 is 17.6 Å². The molecule has 5 nitrogen and oxygen atoms in total. The number of fused-ring (bicyclic) bond motifs is 2. The van der Waals surface area contributed by atoms with Gasteiger partial charge in [0, 0.05) is 18.8 Å². The van der Waals surface area contributed by atoms with Crippen LogP contribution in [0.25, 0.3) is 0 Å². The number of amides is 1. The monoisotopic (exact) mass is 378 g/mol. The number of carboxylic acids is 1. The summed E-state index contributed by atoms with van der Waals surface area (Å²) in [5.74, 6) is -0.793. The van der Waals surface area contributed by atoms with Crippen molar-refractivity contribution in [3.8, 4) is 0 Å². The number of piperidine rings is 1. The van der Waals surface area contributed by atoms with Crippen LogP contribution in [0.15, 0.2) is 48.5 Å². The number of rotatable bonds is 5. The number of aryl methyl sites for hydroxylation is 1. The maximum absolute atomic E-state index is 13.5. The molecule has 2 aliphatic heterocycles. The van der Waals surface area contributed by atoms with E-state index in [0.717, 1.165) is 49.3 Å².